The molecule has 0 radical (unpaired) electrons. The molecule has 2 heterocycles. The molecular formula is C25H25NOSSi. The molecule has 146 valence electrons. The Hall–Kier alpha value is -2.69. The van der Waals surface area contributed by atoms with Gasteiger partial charge in [0.25, 0.3) is 0 Å². The van der Waals surface area contributed by atoms with Gasteiger partial charge in [0.15, 0.2) is 8.07 Å². The number of pyridine rings is 1. The van der Waals surface area contributed by atoms with Crippen molar-refractivity contribution in [3.05, 3.63) is 90.1 Å². The largest absolute Gasteiger partial charge is 0.497 e. The molecule has 0 fully saturated rings. The summed E-state index contributed by atoms with van der Waals surface area (Å²) in [5.74, 6) is 0.970. The van der Waals surface area contributed by atoms with Crippen LogP contribution in [0.25, 0.3) is 10.6 Å². The first kappa shape index (κ1) is 19.6. The third-order valence-corrected chi connectivity index (χ3v) is 12.5. The standard InChI is InChI=1S/C25H25NOSSi/c1-18-10-9-11-19(2)25(18)29(4,23-14-6-5-13-21(23)27-3)24-16-15-22(28-24)20-12-7-8-17-26-20/h5-17H,1-4H3/t29-/m1/s1. The summed E-state index contributed by atoms with van der Waals surface area (Å²) in [4.78, 5) is 5.77. The van der Waals surface area contributed by atoms with Gasteiger partial charge >= 0.3 is 0 Å². The lowest BCUT2D eigenvalue weighted by molar-refractivity contribution is 0.418. The minimum Gasteiger partial charge on any atom is -0.497 e. The van der Waals surface area contributed by atoms with E-state index >= 15 is 0 Å². The average molecular weight is 416 g/mol. The van der Waals surface area contributed by atoms with Crippen LogP contribution in [0.4, 0.5) is 0 Å². The van der Waals surface area contributed by atoms with Crippen LogP contribution in [0.3, 0.4) is 0 Å². The fourth-order valence-electron chi connectivity index (χ4n) is 4.30. The topological polar surface area (TPSA) is 22.1 Å². The molecule has 0 unspecified atom stereocenters. The third kappa shape index (κ3) is 3.43. The minimum atomic E-state index is -2.28. The van der Waals surface area contributed by atoms with E-state index in [9.17, 15) is 0 Å². The van der Waals surface area contributed by atoms with Crippen LogP contribution in [0.5, 0.6) is 5.75 Å². The number of hydrogen-bond donors (Lipinski definition) is 0. The van der Waals surface area contributed by atoms with E-state index in [0.29, 0.717) is 0 Å². The summed E-state index contributed by atoms with van der Waals surface area (Å²) in [6.07, 6.45) is 1.86. The second-order valence-electron chi connectivity index (χ2n) is 7.47. The molecule has 0 aliphatic carbocycles. The molecule has 0 bridgehead atoms. The van der Waals surface area contributed by atoms with Gasteiger partial charge in [0, 0.05) is 10.7 Å². The lowest BCUT2D eigenvalue weighted by atomic mass is 10.2. The predicted octanol–water partition coefficient (Wildman–Crippen LogP) is 4.54. The molecule has 4 rings (SSSR count). The molecular weight excluding hydrogens is 390 g/mol. The van der Waals surface area contributed by atoms with Gasteiger partial charge in [-0.15, -0.1) is 11.3 Å². The van der Waals surface area contributed by atoms with E-state index in [-0.39, 0.29) is 0 Å². The lowest BCUT2D eigenvalue weighted by Gasteiger charge is -2.32. The molecule has 0 saturated heterocycles. The normalized spacial score (nSPS) is 13.1. The second-order valence-corrected chi connectivity index (χ2v) is 12.7. The lowest BCUT2D eigenvalue weighted by Crippen LogP contribution is -2.65. The van der Waals surface area contributed by atoms with Crippen molar-refractivity contribution in [1.82, 2.24) is 4.98 Å². The molecule has 29 heavy (non-hydrogen) atoms. The van der Waals surface area contributed by atoms with Crippen LogP contribution in [0.2, 0.25) is 6.55 Å². The van der Waals surface area contributed by atoms with E-state index in [0.717, 1.165) is 11.4 Å². The number of hydrogen-bond acceptors (Lipinski definition) is 3. The monoisotopic (exact) mass is 415 g/mol. The van der Waals surface area contributed by atoms with Crippen molar-refractivity contribution >= 4 is 34.3 Å². The number of ether oxygens (including phenoxy) is 1. The van der Waals surface area contributed by atoms with E-state index in [2.05, 4.69) is 86.0 Å². The summed E-state index contributed by atoms with van der Waals surface area (Å²) in [5.41, 5.74) is 3.72. The highest BCUT2D eigenvalue weighted by molar-refractivity contribution is 7.34. The molecule has 0 saturated carbocycles. The van der Waals surface area contributed by atoms with Gasteiger partial charge < -0.3 is 4.74 Å². The summed E-state index contributed by atoms with van der Waals surface area (Å²) in [6, 6.07) is 25.7. The zero-order valence-electron chi connectivity index (χ0n) is 17.3. The molecule has 0 amide bonds. The van der Waals surface area contributed by atoms with Crippen molar-refractivity contribution in [2.45, 2.75) is 20.4 Å². The van der Waals surface area contributed by atoms with Gasteiger partial charge in [0.05, 0.1) is 17.7 Å². The number of methoxy groups -OCH3 is 1. The Morgan fingerprint density at radius 3 is 2.24 bits per heavy atom. The maximum Gasteiger partial charge on any atom is 0.162 e. The maximum absolute atomic E-state index is 5.83. The number of nitrogens with zero attached hydrogens (tertiary/aromatic N) is 1. The van der Waals surface area contributed by atoms with E-state index < -0.39 is 8.07 Å². The Morgan fingerprint density at radius 2 is 1.55 bits per heavy atom. The Morgan fingerprint density at radius 1 is 0.828 bits per heavy atom. The fraction of sp³-hybridized carbons (Fsp3) is 0.160. The van der Waals surface area contributed by atoms with Crippen LogP contribution in [-0.2, 0) is 0 Å². The number of aryl methyl sites for hydroxylation is 2. The van der Waals surface area contributed by atoms with E-state index in [4.69, 9.17) is 4.74 Å². The molecule has 4 aromatic rings. The second kappa shape index (κ2) is 7.97. The smallest absolute Gasteiger partial charge is 0.162 e. The fourth-order valence-corrected chi connectivity index (χ4v) is 10.9. The number of rotatable bonds is 5. The van der Waals surface area contributed by atoms with Crippen LogP contribution in [0.1, 0.15) is 11.1 Å². The van der Waals surface area contributed by atoms with Crippen LogP contribution in [0.15, 0.2) is 79.0 Å². The van der Waals surface area contributed by atoms with E-state index in [1.807, 2.05) is 29.7 Å². The molecule has 0 spiro atoms. The Kier molecular flexibility index (Phi) is 5.39. The highest BCUT2D eigenvalue weighted by atomic mass is 32.1. The van der Waals surface area contributed by atoms with Crippen molar-refractivity contribution in [2.24, 2.45) is 0 Å². The third-order valence-electron chi connectivity index (χ3n) is 5.64. The molecule has 1 atom stereocenters. The Labute approximate surface area is 177 Å². The van der Waals surface area contributed by atoms with Crippen molar-refractivity contribution in [2.75, 3.05) is 7.11 Å². The summed E-state index contributed by atoms with van der Waals surface area (Å²) < 4.78 is 7.25. The highest BCUT2D eigenvalue weighted by Crippen LogP contribution is 2.26. The molecule has 2 aromatic carbocycles. The molecule has 0 aliphatic heterocycles. The molecule has 0 aliphatic rings. The predicted molar refractivity (Wildman–Crippen MR) is 127 cm³/mol. The van der Waals surface area contributed by atoms with Crippen LogP contribution < -0.4 is 19.6 Å². The molecule has 2 aromatic heterocycles. The van der Waals surface area contributed by atoms with Crippen molar-refractivity contribution in [3.8, 4) is 16.3 Å². The molecule has 0 N–H and O–H groups in total. The van der Waals surface area contributed by atoms with Crippen LogP contribution in [-0.4, -0.2) is 20.2 Å². The first-order valence-electron chi connectivity index (χ1n) is 9.77. The van der Waals surface area contributed by atoms with E-state index in [1.165, 1.54) is 30.9 Å². The van der Waals surface area contributed by atoms with Gasteiger partial charge in [-0.1, -0.05) is 66.2 Å². The zero-order valence-corrected chi connectivity index (χ0v) is 19.1. The van der Waals surface area contributed by atoms with Crippen molar-refractivity contribution in [3.63, 3.8) is 0 Å². The van der Waals surface area contributed by atoms with Crippen LogP contribution >= 0.6 is 11.3 Å². The Bertz CT molecular complexity index is 1120. The van der Waals surface area contributed by atoms with Crippen molar-refractivity contribution in [1.29, 1.82) is 0 Å². The number of thiophene rings is 1. The zero-order chi connectivity index (χ0) is 20.4. The summed E-state index contributed by atoms with van der Waals surface area (Å²) in [6.45, 7) is 6.92. The average Bonchev–Trinajstić information content (AvgIpc) is 3.25. The SMILES string of the molecule is COc1ccccc1[Si@](C)(c1ccc(-c2ccccn2)s1)c1c(C)cccc1C. The summed E-state index contributed by atoms with van der Waals surface area (Å²) in [5, 5.41) is 2.79. The first-order chi connectivity index (χ1) is 14.1. The van der Waals surface area contributed by atoms with Gasteiger partial charge in [-0.05, 0) is 48.5 Å². The van der Waals surface area contributed by atoms with Gasteiger partial charge in [-0.25, -0.2) is 0 Å². The Balaban J connectivity index is 1.99. The molecule has 4 heteroatoms. The van der Waals surface area contributed by atoms with Gasteiger partial charge in [0.1, 0.15) is 5.75 Å². The van der Waals surface area contributed by atoms with Gasteiger partial charge in [-0.2, -0.15) is 0 Å². The molecule has 2 nitrogen and oxygen atoms in total. The van der Waals surface area contributed by atoms with Gasteiger partial charge in [-0.3, -0.25) is 4.98 Å². The number of benzene rings is 2. The first-order valence-corrected chi connectivity index (χ1v) is 13.1. The van der Waals surface area contributed by atoms with Gasteiger partial charge in [0.2, 0.25) is 0 Å². The summed E-state index contributed by atoms with van der Waals surface area (Å²) in [7, 11) is -0.509. The highest BCUT2D eigenvalue weighted by Gasteiger charge is 2.40. The quantitative estimate of drug-likeness (QED) is 0.447. The van der Waals surface area contributed by atoms with Crippen LogP contribution in [0, 0.1) is 13.8 Å². The number of aromatic nitrogens is 1. The minimum absolute atomic E-state index is 0.970. The van der Waals surface area contributed by atoms with Crippen molar-refractivity contribution < 1.29 is 4.74 Å². The maximum atomic E-state index is 5.83. The van der Waals surface area contributed by atoms with E-state index in [1.54, 1.807) is 7.11 Å². The number of para-hydroxylation sites is 1. The summed E-state index contributed by atoms with van der Waals surface area (Å²) >= 11 is 1.86.